The van der Waals surface area contributed by atoms with Crippen LogP contribution in [0.1, 0.15) is 0 Å². The Labute approximate surface area is 264 Å². The van der Waals surface area contributed by atoms with Gasteiger partial charge in [-0.25, -0.2) is 0 Å². The monoisotopic (exact) mass is 586 g/mol. The van der Waals surface area contributed by atoms with Crippen molar-refractivity contribution in [2.24, 2.45) is 0 Å². The summed E-state index contributed by atoms with van der Waals surface area (Å²) in [4.78, 5) is 0. The van der Waals surface area contributed by atoms with E-state index in [2.05, 4.69) is 146 Å². The molecule has 0 amide bonds. The van der Waals surface area contributed by atoms with Crippen molar-refractivity contribution in [2.45, 2.75) is 0 Å². The van der Waals surface area contributed by atoms with Crippen molar-refractivity contribution < 1.29 is 8.83 Å². The summed E-state index contributed by atoms with van der Waals surface area (Å²) in [6, 6.07) is 56.0. The van der Waals surface area contributed by atoms with Crippen molar-refractivity contribution in [3.05, 3.63) is 158 Å². The molecule has 2 heterocycles. The van der Waals surface area contributed by atoms with Crippen LogP contribution >= 0.6 is 0 Å². The molecule has 0 saturated heterocycles. The molecule has 0 aliphatic rings. The van der Waals surface area contributed by atoms with E-state index >= 15 is 0 Å². The molecule has 0 atom stereocenters. The van der Waals surface area contributed by atoms with Gasteiger partial charge in [-0.1, -0.05) is 140 Å². The number of fused-ring (bicyclic) bond motifs is 8. The third-order valence-corrected chi connectivity index (χ3v) is 9.47. The minimum absolute atomic E-state index is 0.850. The van der Waals surface area contributed by atoms with Crippen LogP contribution in [-0.2, 0) is 0 Å². The first kappa shape index (κ1) is 25.2. The van der Waals surface area contributed by atoms with Crippen LogP contribution in [0.5, 0.6) is 0 Å². The minimum Gasteiger partial charge on any atom is -0.455 e. The first-order valence-electron chi connectivity index (χ1n) is 15.7. The van der Waals surface area contributed by atoms with Gasteiger partial charge in [0, 0.05) is 27.1 Å². The topological polar surface area (TPSA) is 26.3 Å². The van der Waals surface area contributed by atoms with E-state index in [1.807, 2.05) is 12.1 Å². The Morgan fingerprint density at radius 1 is 0.261 bits per heavy atom. The molecule has 214 valence electrons. The molecule has 0 fully saturated rings. The number of para-hydroxylation sites is 2. The summed E-state index contributed by atoms with van der Waals surface area (Å²) in [6.07, 6.45) is 0. The fourth-order valence-electron chi connectivity index (χ4n) is 7.43. The summed E-state index contributed by atoms with van der Waals surface area (Å²) in [6.45, 7) is 0. The third kappa shape index (κ3) is 3.59. The van der Waals surface area contributed by atoms with E-state index in [9.17, 15) is 0 Å². The SMILES string of the molecule is c1ccc(-c2ccc(-c3c4ccccc4c(-c4c5oc6ccccc6c5cc5c4oc4ccccc45)c4ccccc34)cc2)cc1. The molecular formula is C44H26O2. The van der Waals surface area contributed by atoms with Crippen LogP contribution in [0.2, 0.25) is 0 Å². The first-order chi connectivity index (χ1) is 22.8. The predicted octanol–water partition coefficient (Wildman–Crippen LogP) is 12.8. The lowest BCUT2D eigenvalue weighted by molar-refractivity contribution is 0.658. The van der Waals surface area contributed by atoms with Gasteiger partial charge in [0.1, 0.15) is 22.3 Å². The Balaban J connectivity index is 1.35. The van der Waals surface area contributed by atoms with Crippen LogP contribution in [0.4, 0.5) is 0 Å². The van der Waals surface area contributed by atoms with Crippen LogP contribution in [0.15, 0.2) is 167 Å². The van der Waals surface area contributed by atoms with E-state index in [0.717, 1.165) is 65.8 Å². The zero-order valence-corrected chi connectivity index (χ0v) is 24.8. The molecule has 0 unspecified atom stereocenters. The maximum Gasteiger partial charge on any atom is 0.147 e. The van der Waals surface area contributed by atoms with Gasteiger partial charge in [0.05, 0.1) is 5.56 Å². The Hall–Kier alpha value is -6.12. The summed E-state index contributed by atoms with van der Waals surface area (Å²) in [5, 5.41) is 9.12. The van der Waals surface area contributed by atoms with Crippen molar-refractivity contribution in [2.75, 3.05) is 0 Å². The van der Waals surface area contributed by atoms with Crippen LogP contribution in [0.25, 0.3) is 98.8 Å². The summed E-state index contributed by atoms with van der Waals surface area (Å²) in [5.74, 6) is 0. The highest BCUT2D eigenvalue weighted by molar-refractivity contribution is 6.29. The predicted molar refractivity (Wildman–Crippen MR) is 192 cm³/mol. The second-order valence-corrected chi connectivity index (χ2v) is 12.0. The molecule has 46 heavy (non-hydrogen) atoms. The van der Waals surface area contributed by atoms with Gasteiger partial charge in [0.25, 0.3) is 0 Å². The minimum atomic E-state index is 0.850. The molecule has 2 heteroatoms. The van der Waals surface area contributed by atoms with Crippen molar-refractivity contribution in [3.63, 3.8) is 0 Å². The fourth-order valence-corrected chi connectivity index (χ4v) is 7.43. The maximum atomic E-state index is 6.75. The molecule has 8 aromatic carbocycles. The van der Waals surface area contributed by atoms with Gasteiger partial charge in [-0.3, -0.25) is 0 Å². The smallest absolute Gasteiger partial charge is 0.147 e. The molecule has 0 spiro atoms. The average molecular weight is 587 g/mol. The lowest BCUT2D eigenvalue weighted by Crippen LogP contribution is -1.92. The Kier molecular flexibility index (Phi) is 5.31. The van der Waals surface area contributed by atoms with E-state index < -0.39 is 0 Å². The first-order valence-corrected chi connectivity index (χ1v) is 15.7. The maximum absolute atomic E-state index is 6.75. The molecule has 0 aliphatic carbocycles. The molecule has 0 saturated carbocycles. The molecule has 2 nitrogen and oxygen atoms in total. The van der Waals surface area contributed by atoms with Crippen LogP contribution < -0.4 is 0 Å². The highest BCUT2D eigenvalue weighted by Gasteiger charge is 2.25. The molecule has 2 aromatic heterocycles. The van der Waals surface area contributed by atoms with Gasteiger partial charge < -0.3 is 8.83 Å². The quantitative estimate of drug-likeness (QED) is 0.193. The standard InChI is InChI=1S/C44H26O2/c1-2-12-27(13-3-1)28-22-24-29(25-23-28)40-32-16-4-6-18-34(32)41(35-19-7-5-17-33(35)40)42-43-36(30-14-8-10-20-38(30)45-43)26-37-31-15-9-11-21-39(31)46-44(37)42/h1-26H. The van der Waals surface area contributed by atoms with E-state index in [-0.39, 0.29) is 0 Å². The van der Waals surface area contributed by atoms with E-state index in [4.69, 9.17) is 8.83 Å². The summed E-state index contributed by atoms with van der Waals surface area (Å²) < 4.78 is 13.5. The molecule has 10 rings (SSSR count). The molecule has 0 N–H and O–H groups in total. The van der Waals surface area contributed by atoms with Crippen LogP contribution in [-0.4, -0.2) is 0 Å². The van der Waals surface area contributed by atoms with E-state index in [1.54, 1.807) is 0 Å². The number of benzene rings is 8. The largest absolute Gasteiger partial charge is 0.455 e. The lowest BCUT2D eigenvalue weighted by atomic mass is 9.85. The number of hydrogen-bond acceptors (Lipinski definition) is 2. The zero-order chi connectivity index (χ0) is 30.2. The van der Waals surface area contributed by atoms with Crippen molar-refractivity contribution in [1.29, 1.82) is 0 Å². The Bertz CT molecular complexity index is 2630. The Morgan fingerprint density at radius 3 is 1.17 bits per heavy atom. The zero-order valence-electron chi connectivity index (χ0n) is 24.8. The van der Waals surface area contributed by atoms with Gasteiger partial charge in [-0.05, 0) is 62.0 Å². The van der Waals surface area contributed by atoms with Gasteiger partial charge in [0.2, 0.25) is 0 Å². The van der Waals surface area contributed by atoms with Gasteiger partial charge in [0.15, 0.2) is 0 Å². The highest BCUT2D eigenvalue weighted by atomic mass is 16.3. The summed E-state index contributed by atoms with van der Waals surface area (Å²) in [7, 11) is 0. The summed E-state index contributed by atoms with van der Waals surface area (Å²) >= 11 is 0. The van der Waals surface area contributed by atoms with Gasteiger partial charge in [-0.2, -0.15) is 0 Å². The second-order valence-electron chi connectivity index (χ2n) is 12.0. The number of rotatable bonds is 3. The summed E-state index contributed by atoms with van der Waals surface area (Å²) in [5.41, 5.74) is 10.4. The van der Waals surface area contributed by atoms with Gasteiger partial charge >= 0.3 is 0 Å². The van der Waals surface area contributed by atoms with Gasteiger partial charge in [-0.15, -0.1) is 0 Å². The molecule has 0 bridgehead atoms. The molecule has 10 aromatic rings. The third-order valence-electron chi connectivity index (χ3n) is 9.47. The Morgan fingerprint density at radius 2 is 0.652 bits per heavy atom. The lowest BCUT2D eigenvalue weighted by Gasteiger charge is -2.18. The molecule has 0 aliphatic heterocycles. The average Bonchev–Trinajstić information content (AvgIpc) is 3.69. The fraction of sp³-hybridized carbons (Fsp3) is 0. The van der Waals surface area contributed by atoms with Crippen LogP contribution in [0, 0.1) is 0 Å². The second kappa shape index (κ2) is 9.69. The molecular weight excluding hydrogens is 560 g/mol. The van der Waals surface area contributed by atoms with Crippen molar-refractivity contribution in [1.82, 2.24) is 0 Å². The highest BCUT2D eigenvalue weighted by Crippen LogP contribution is 2.50. The van der Waals surface area contributed by atoms with Crippen molar-refractivity contribution in [3.8, 4) is 33.4 Å². The van der Waals surface area contributed by atoms with Crippen molar-refractivity contribution >= 4 is 65.4 Å². The van der Waals surface area contributed by atoms with E-state index in [1.165, 1.54) is 33.0 Å². The van der Waals surface area contributed by atoms with Crippen LogP contribution in [0.3, 0.4) is 0 Å². The van der Waals surface area contributed by atoms with E-state index in [0.29, 0.717) is 0 Å². The number of hydrogen-bond donors (Lipinski definition) is 0. The number of furan rings is 2. The molecule has 0 radical (unpaired) electrons. The normalized spacial score (nSPS) is 11.9.